The summed E-state index contributed by atoms with van der Waals surface area (Å²) in [5.41, 5.74) is 1.20. The van der Waals surface area contributed by atoms with Crippen LogP contribution in [-0.4, -0.2) is 41.4 Å². The van der Waals surface area contributed by atoms with Crippen LogP contribution in [0.5, 0.6) is 0 Å². The molecule has 1 amide bonds. The molecular weight excluding hydrogens is 272 g/mol. The summed E-state index contributed by atoms with van der Waals surface area (Å²) in [6.07, 6.45) is 6.45. The summed E-state index contributed by atoms with van der Waals surface area (Å²) in [5, 5.41) is 0. The van der Waals surface area contributed by atoms with Gasteiger partial charge in [0.15, 0.2) is 0 Å². The third-order valence-electron chi connectivity index (χ3n) is 4.72. The van der Waals surface area contributed by atoms with E-state index in [1.165, 1.54) is 37.7 Å². The maximum atomic E-state index is 12.7. The van der Waals surface area contributed by atoms with Crippen LogP contribution in [0.25, 0.3) is 0 Å². The van der Waals surface area contributed by atoms with Gasteiger partial charge in [-0.15, -0.1) is 0 Å². The summed E-state index contributed by atoms with van der Waals surface area (Å²) in [6.45, 7) is 5.44. The van der Waals surface area contributed by atoms with Gasteiger partial charge in [0, 0.05) is 18.6 Å². The number of nitrogens with zero attached hydrogens (tertiary/aromatic N) is 2. The van der Waals surface area contributed by atoms with E-state index in [2.05, 4.69) is 37.9 Å². The average molecular weight is 302 g/mol. The zero-order valence-corrected chi connectivity index (χ0v) is 14.3. The summed E-state index contributed by atoms with van der Waals surface area (Å²) in [6, 6.07) is 11.1. The molecule has 0 unspecified atom stereocenters. The molecule has 3 heteroatoms. The lowest BCUT2D eigenvalue weighted by molar-refractivity contribution is -0.135. The predicted molar refractivity (Wildman–Crippen MR) is 91.6 cm³/mol. The minimum atomic E-state index is 0.229. The minimum absolute atomic E-state index is 0.229. The second-order valence-electron chi connectivity index (χ2n) is 6.81. The summed E-state index contributed by atoms with van der Waals surface area (Å²) in [4.78, 5) is 17.0. The molecule has 1 fully saturated rings. The fraction of sp³-hybridized carbons (Fsp3) is 0.632. The van der Waals surface area contributed by atoms with Gasteiger partial charge in [0.05, 0.1) is 6.54 Å². The van der Waals surface area contributed by atoms with Crippen molar-refractivity contribution in [1.82, 2.24) is 9.80 Å². The van der Waals surface area contributed by atoms with Gasteiger partial charge in [0.1, 0.15) is 0 Å². The van der Waals surface area contributed by atoms with Gasteiger partial charge in [0.25, 0.3) is 0 Å². The fourth-order valence-electron chi connectivity index (χ4n) is 3.29. The van der Waals surface area contributed by atoms with Gasteiger partial charge in [0.2, 0.25) is 5.91 Å². The van der Waals surface area contributed by atoms with Crippen molar-refractivity contribution in [2.24, 2.45) is 0 Å². The monoisotopic (exact) mass is 302 g/mol. The Morgan fingerprint density at radius 1 is 1.14 bits per heavy atom. The van der Waals surface area contributed by atoms with Crippen molar-refractivity contribution >= 4 is 5.91 Å². The van der Waals surface area contributed by atoms with Crippen LogP contribution in [0, 0.1) is 0 Å². The number of amides is 1. The molecule has 1 aliphatic rings. The number of likely N-dealkylation sites (N-methyl/N-ethyl adjacent to an activating group) is 1. The van der Waals surface area contributed by atoms with E-state index in [1.807, 2.05) is 23.1 Å². The van der Waals surface area contributed by atoms with Gasteiger partial charge in [-0.1, -0.05) is 49.6 Å². The summed E-state index contributed by atoms with van der Waals surface area (Å²) >= 11 is 0. The Morgan fingerprint density at radius 3 is 2.36 bits per heavy atom. The highest BCUT2D eigenvalue weighted by atomic mass is 16.2. The molecule has 0 saturated heterocycles. The number of carbonyl (C=O) groups excluding carboxylic acids is 1. The van der Waals surface area contributed by atoms with E-state index in [1.54, 1.807) is 0 Å². The molecule has 0 radical (unpaired) electrons. The molecule has 2 rings (SSSR count). The van der Waals surface area contributed by atoms with E-state index < -0.39 is 0 Å². The normalized spacial score (nSPS) is 16.2. The van der Waals surface area contributed by atoms with E-state index in [0.29, 0.717) is 19.1 Å². The molecule has 0 aromatic heterocycles. The Morgan fingerprint density at radius 2 is 1.77 bits per heavy atom. The zero-order valence-electron chi connectivity index (χ0n) is 14.3. The number of benzene rings is 1. The first kappa shape index (κ1) is 17.0. The number of hydrogen-bond acceptors (Lipinski definition) is 2. The Labute approximate surface area is 135 Å². The number of rotatable bonds is 6. The molecule has 0 atom stereocenters. The summed E-state index contributed by atoms with van der Waals surface area (Å²) in [7, 11) is 2.11. The molecule has 0 spiro atoms. The van der Waals surface area contributed by atoms with Gasteiger partial charge < -0.3 is 4.90 Å². The summed E-state index contributed by atoms with van der Waals surface area (Å²) in [5.74, 6) is 0.243. The van der Waals surface area contributed by atoms with Crippen molar-refractivity contribution in [3.63, 3.8) is 0 Å². The van der Waals surface area contributed by atoms with Crippen LogP contribution >= 0.6 is 0 Å². The molecule has 1 aromatic carbocycles. The first-order valence-electron chi connectivity index (χ1n) is 8.61. The molecular formula is C19H30N2O. The SMILES string of the molecule is CC(C)N(Cc1ccccc1)C(=O)CN(C)C1CCCCC1. The van der Waals surface area contributed by atoms with Crippen LogP contribution in [0.1, 0.15) is 51.5 Å². The highest BCUT2D eigenvalue weighted by molar-refractivity contribution is 5.78. The Bertz CT molecular complexity index is 452. The predicted octanol–water partition coefficient (Wildman–Crippen LogP) is 3.69. The van der Waals surface area contributed by atoms with Gasteiger partial charge >= 0.3 is 0 Å². The van der Waals surface area contributed by atoms with Gasteiger partial charge in [-0.3, -0.25) is 9.69 Å². The second kappa shape index (κ2) is 8.33. The lowest BCUT2D eigenvalue weighted by Crippen LogP contribution is -2.45. The van der Waals surface area contributed by atoms with E-state index >= 15 is 0 Å². The third kappa shape index (κ3) is 4.84. The lowest BCUT2D eigenvalue weighted by atomic mass is 9.94. The lowest BCUT2D eigenvalue weighted by Gasteiger charge is -2.34. The van der Waals surface area contributed by atoms with Crippen molar-refractivity contribution in [1.29, 1.82) is 0 Å². The molecule has 0 heterocycles. The van der Waals surface area contributed by atoms with Crippen LogP contribution in [0.15, 0.2) is 30.3 Å². The molecule has 122 valence electrons. The minimum Gasteiger partial charge on any atom is -0.335 e. The molecule has 1 saturated carbocycles. The maximum absolute atomic E-state index is 12.7. The van der Waals surface area contributed by atoms with Crippen LogP contribution < -0.4 is 0 Å². The molecule has 0 bridgehead atoms. The molecule has 3 nitrogen and oxygen atoms in total. The Hall–Kier alpha value is -1.35. The molecule has 0 N–H and O–H groups in total. The van der Waals surface area contributed by atoms with Crippen molar-refractivity contribution in [2.45, 2.75) is 64.6 Å². The van der Waals surface area contributed by atoms with E-state index in [0.717, 1.165) is 0 Å². The van der Waals surface area contributed by atoms with Crippen LogP contribution in [0.4, 0.5) is 0 Å². The number of carbonyl (C=O) groups is 1. The fourth-order valence-corrected chi connectivity index (χ4v) is 3.29. The van der Waals surface area contributed by atoms with E-state index in [-0.39, 0.29) is 11.9 Å². The Kier molecular flexibility index (Phi) is 6.44. The number of hydrogen-bond donors (Lipinski definition) is 0. The first-order chi connectivity index (χ1) is 10.6. The van der Waals surface area contributed by atoms with Crippen molar-refractivity contribution in [3.8, 4) is 0 Å². The smallest absolute Gasteiger partial charge is 0.237 e. The molecule has 0 aliphatic heterocycles. The Balaban J connectivity index is 1.94. The quantitative estimate of drug-likeness (QED) is 0.800. The largest absolute Gasteiger partial charge is 0.335 e. The highest BCUT2D eigenvalue weighted by Crippen LogP contribution is 2.21. The third-order valence-corrected chi connectivity index (χ3v) is 4.72. The van der Waals surface area contributed by atoms with Gasteiger partial charge in [-0.05, 0) is 39.3 Å². The van der Waals surface area contributed by atoms with Crippen LogP contribution in [0.2, 0.25) is 0 Å². The van der Waals surface area contributed by atoms with Crippen molar-refractivity contribution < 1.29 is 4.79 Å². The molecule has 1 aromatic rings. The average Bonchev–Trinajstić information content (AvgIpc) is 2.54. The molecule has 22 heavy (non-hydrogen) atoms. The second-order valence-corrected chi connectivity index (χ2v) is 6.81. The van der Waals surface area contributed by atoms with E-state index in [9.17, 15) is 4.79 Å². The van der Waals surface area contributed by atoms with Crippen LogP contribution in [-0.2, 0) is 11.3 Å². The topological polar surface area (TPSA) is 23.6 Å². The molecule has 1 aliphatic carbocycles. The van der Waals surface area contributed by atoms with Crippen LogP contribution in [0.3, 0.4) is 0 Å². The maximum Gasteiger partial charge on any atom is 0.237 e. The summed E-state index contributed by atoms with van der Waals surface area (Å²) < 4.78 is 0. The van der Waals surface area contributed by atoms with Crippen molar-refractivity contribution in [3.05, 3.63) is 35.9 Å². The standard InChI is InChI=1S/C19H30N2O/c1-16(2)21(14-17-10-6-4-7-11-17)19(22)15-20(3)18-12-8-5-9-13-18/h4,6-7,10-11,16,18H,5,8-9,12-15H2,1-3H3. The van der Waals surface area contributed by atoms with Gasteiger partial charge in [-0.25, -0.2) is 0 Å². The zero-order chi connectivity index (χ0) is 15.9. The van der Waals surface area contributed by atoms with Gasteiger partial charge in [-0.2, -0.15) is 0 Å². The van der Waals surface area contributed by atoms with E-state index in [4.69, 9.17) is 0 Å². The van der Waals surface area contributed by atoms with Crippen molar-refractivity contribution in [2.75, 3.05) is 13.6 Å². The first-order valence-corrected chi connectivity index (χ1v) is 8.61. The highest BCUT2D eigenvalue weighted by Gasteiger charge is 2.23.